The number of aliphatic hydroxyl groups excluding tert-OH is 1. The first-order valence-electron chi connectivity index (χ1n) is 16.5. The van der Waals surface area contributed by atoms with Gasteiger partial charge in [0.05, 0.1) is 17.3 Å². The van der Waals surface area contributed by atoms with Crippen LogP contribution in [0.3, 0.4) is 0 Å². The molecule has 2 N–H and O–H groups in total. The number of nitrogens with zero attached hydrogens (tertiary/aromatic N) is 6. The molecule has 0 amide bonds. The lowest BCUT2D eigenvalue weighted by Gasteiger charge is -2.29. The summed E-state index contributed by atoms with van der Waals surface area (Å²) in [5.41, 5.74) is -1.31. The first kappa shape index (κ1) is 45.1. The second-order valence-corrected chi connectivity index (χ2v) is 12.1. The van der Waals surface area contributed by atoms with Crippen molar-refractivity contribution in [3.8, 4) is 11.1 Å². The Labute approximate surface area is 296 Å². The van der Waals surface area contributed by atoms with E-state index in [1.807, 2.05) is 34.9 Å². The minimum absolute atomic E-state index is 0.111. The van der Waals surface area contributed by atoms with E-state index in [1.54, 1.807) is 41.4 Å². The molecule has 3 heterocycles. The number of aromatic nitrogens is 4. The molecule has 1 saturated heterocycles. The van der Waals surface area contributed by atoms with E-state index in [9.17, 15) is 31.1 Å². The minimum Gasteiger partial charge on any atom is -0.400 e. The first-order valence-corrected chi connectivity index (χ1v) is 16.5. The van der Waals surface area contributed by atoms with Crippen LogP contribution in [-0.2, 0) is 35.5 Å². The molecular weight excluding hydrogens is 680 g/mol. The van der Waals surface area contributed by atoms with Gasteiger partial charge in [-0.3, -0.25) is 4.68 Å². The largest absolute Gasteiger partial charge is 0.416 e. The summed E-state index contributed by atoms with van der Waals surface area (Å²) in [5, 5.41) is 13.9. The maximum atomic E-state index is 13.4. The maximum absolute atomic E-state index is 13.4. The summed E-state index contributed by atoms with van der Waals surface area (Å²) in [6, 6.07) is 1.72. The van der Waals surface area contributed by atoms with Crippen LogP contribution in [0.4, 0.5) is 32.3 Å². The van der Waals surface area contributed by atoms with Crippen molar-refractivity contribution in [2.45, 2.75) is 82.9 Å². The Kier molecular flexibility index (Phi) is 19.6. The van der Waals surface area contributed by atoms with E-state index in [4.69, 9.17) is 9.90 Å². The third-order valence-electron chi connectivity index (χ3n) is 8.35. The number of hydrogen-bond acceptors (Lipinski definition) is 9. The van der Waals surface area contributed by atoms with E-state index >= 15 is 0 Å². The molecule has 16 heteroatoms. The van der Waals surface area contributed by atoms with Gasteiger partial charge in [0.25, 0.3) is 0 Å². The zero-order valence-electron chi connectivity index (χ0n) is 30.1. The number of aliphatic hydroxyl groups is 1. The molecule has 1 aliphatic carbocycles. The fourth-order valence-corrected chi connectivity index (χ4v) is 5.88. The maximum Gasteiger partial charge on any atom is 0.416 e. The van der Waals surface area contributed by atoms with E-state index in [1.165, 1.54) is 19.3 Å². The van der Waals surface area contributed by atoms with Crippen LogP contribution < -0.4 is 10.2 Å². The molecule has 2 atom stereocenters. The third-order valence-corrected chi connectivity index (χ3v) is 8.35. The van der Waals surface area contributed by atoms with Crippen LogP contribution in [0.1, 0.15) is 68.6 Å². The summed E-state index contributed by atoms with van der Waals surface area (Å²) in [6.45, 7) is 4.42. The van der Waals surface area contributed by atoms with Gasteiger partial charge < -0.3 is 29.8 Å². The molecule has 3 aromatic rings. The molecule has 1 aliphatic heterocycles. The van der Waals surface area contributed by atoms with Crippen LogP contribution in [0, 0.1) is 5.92 Å². The van der Waals surface area contributed by atoms with Crippen molar-refractivity contribution in [1.82, 2.24) is 30.0 Å². The van der Waals surface area contributed by atoms with Crippen molar-refractivity contribution in [2.75, 3.05) is 39.7 Å². The Morgan fingerprint density at radius 3 is 1.84 bits per heavy atom. The van der Waals surface area contributed by atoms with E-state index in [0.29, 0.717) is 24.4 Å². The van der Waals surface area contributed by atoms with Gasteiger partial charge in [-0.05, 0) is 70.6 Å². The van der Waals surface area contributed by atoms with Crippen molar-refractivity contribution < 1.29 is 41.0 Å². The number of likely N-dealkylation sites (tertiary alicyclic amines) is 1. The summed E-state index contributed by atoms with van der Waals surface area (Å²) < 4.78 is 82.2. The number of halogens is 6. The Bertz CT molecular complexity index is 1380. The Morgan fingerprint density at radius 2 is 1.45 bits per heavy atom. The number of carbonyl (C=O) groups is 2. The zero-order valence-corrected chi connectivity index (χ0v) is 30.1. The van der Waals surface area contributed by atoms with Crippen LogP contribution in [0.15, 0.2) is 43.0 Å². The third kappa shape index (κ3) is 14.3. The Balaban J connectivity index is 0.000000731. The average molecular weight is 732 g/mol. The molecule has 2 aliphatic rings. The molecule has 0 unspecified atom stereocenters. The van der Waals surface area contributed by atoms with Crippen LogP contribution in [-0.4, -0.2) is 89.7 Å². The summed E-state index contributed by atoms with van der Waals surface area (Å²) in [5.74, 6) is 0.646. The summed E-state index contributed by atoms with van der Waals surface area (Å²) in [4.78, 5) is 30.9. The number of alkyl halides is 6. The van der Waals surface area contributed by atoms with Crippen LogP contribution in [0.5, 0.6) is 0 Å². The highest BCUT2D eigenvalue weighted by atomic mass is 19.4. The van der Waals surface area contributed by atoms with Gasteiger partial charge in [-0.1, -0.05) is 26.2 Å². The molecule has 5 rings (SSSR count). The molecule has 1 saturated carbocycles. The summed E-state index contributed by atoms with van der Waals surface area (Å²) in [7, 11) is 8.47. The lowest BCUT2D eigenvalue weighted by Crippen LogP contribution is -2.38. The number of hydrogen-bond donors (Lipinski definition) is 2. The minimum atomic E-state index is -4.91. The van der Waals surface area contributed by atoms with Crippen molar-refractivity contribution in [3.63, 3.8) is 0 Å². The monoisotopic (exact) mass is 731 g/mol. The van der Waals surface area contributed by atoms with E-state index in [2.05, 4.69) is 25.3 Å². The Hall–Kier alpha value is -3.89. The molecule has 0 radical (unpaired) electrons. The van der Waals surface area contributed by atoms with Gasteiger partial charge >= 0.3 is 12.4 Å². The van der Waals surface area contributed by atoms with Gasteiger partial charge in [0.1, 0.15) is 13.1 Å². The van der Waals surface area contributed by atoms with Gasteiger partial charge in [-0.2, -0.15) is 31.4 Å². The molecule has 0 spiro atoms. The molecule has 2 aromatic heterocycles. The number of rotatable bonds is 7. The van der Waals surface area contributed by atoms with Crippen LogP contribution in [0.2, 0.25) is 0 Å². The number of aryl methyl sites for hydroxylation is 1. The standard InChI is InChI=1S/C24H26F6N6.C7H12O.C2H7N.CH4O.CH2O/c1-4-20-8-21(14-34(20)2)36(22-31-9-16(10-32-22)17-11-33-35(3)13-17)12-15-5-18(23(25,26)27)7-19(6-15)24(28,29)30;8-6-7-4-2-1-3-5-7;1-3-2;2*1-2/h5-7,9-11,13,20-21H,4,8,12,14H2,1-3H3;6-7H,1-5H2;3H,1-2H3;2H,1H3;1H2/t20-,21+;;;;/m1..../s1. The van der Waals surface area contributed by atoms with E-state index < -0.39 is 23.5 Å². The van der Waals surface area contributed by atoms with Crippen molar-refractivity contribution in [2.24, 2.45) is 13.0 Å². The quantitative estimate of drug-likeness (QED) is 0.210. The summed E-state index contributed by atoms with van der Waals surface area (Å²) >= 11 is 0. The van der Waals surface area contributed by atoms with Crippen molar-refractivity contribution in [3.05, 3.63) is 59.7 Å². The normalized spacial score (nSPS) is 17.7. The van der Waals surface area contributed by atoms with E-state index in [-0.39, 0.29) is 36.2 Å². The lowest BCUT2D eigenvalue weighted by molar-refractivity contribution is -0.143. The van der Waals surface area contributed by atoms with Crippen LogP contribution in [0.25, 0.3) is 11.1 Å². The lowest BCUT2D eigenvalue weighted by atomic mass is 9.91. The SMILES string of the molecule is C=O.CC[C@@H]1C[C@H](N(Cc2cc(C(F)(F)F)cc(C(F)(F)F)c2)c2ncc(-c3cnn(C)c3)cn2)CN1C.CNC.CO.O=CC1CCCCC1. The number of benzene rings is 1. The number of anilines is 1. The first-order chi connectivity index (χ1) is 24.2. The van der Waals surface area contributed by atoms with Crippen molar-refractivity contribution >= 4 is 19.0 Å². The van der Waals surface area contributed by atoms with Gasteiger partial charge in [0.15, 0.2) is 0 Å². The fourth-order valence-electron chi connectivity index (χ4n) is 5.88. The molecule has 1 aromatic carbocycles. The van der Waals surface area contributed by atoms with E-state index in [0.717, 1.165) is 50.4 Å². The zero-order chi connectivity index (χ0) is 38.8. The molecular formula is C35H51F6N7O3. The number of nitrogens with one attached hydrogen (secondary N) is 1. The molecule has 51 heavy (non-hydrogen) atoms. The van der Waals surface area contributed by atoms with Gasteiger partial charge in [0.2, 0.25) is 5.95 Å². The fraction of sp³-hybridized carbons (Fsp3) is 0.571. The highest BCUT2D eigenvalue weighted by molar-refractivity contribution is 5.60. The smallest absolute Gasteiger partial charge is 0.400 e. The second kappa shape index (κ2) is 22.1. The summed E-state index contributed by atoms with van der Waals surface area (Å²) in [6.07, 6.45) is 5.58. The van der Waals surface area contributed by atoms with Crippen molar-refractivity contribution in [1.29, 1.82) is 0 Å². The molecule has 286 valence electrons. The molecule has 0 bridgehead atoms. The number of aldehydes is 1. The molecule has 2 fully saturated rings. The van der Waals surface area contributed by atoms with Gasteiger partial charge in [0, 0.05) is 75.0 Å². The number of carbonyl (C=O) groups excluding carboxylic acids is 2. The highest BCUT2D eigenvalue weighted by Gasteiger charge is 2.38. The predicted molar refractivity (Wildman–Crippen MR) is 185 cm³/mol. The average Bonchev–Trinajstić information content (AvgIpc) is 3.74. The Morgan fingerprint density at radius 1 is 0.922 bits per heavy atom. The molecule has 10 nitrogen and oxygen atoms in total. The predicted octanol–water partition coefficient (Wildman–Crippen LogP) is 6.43. The highest BCUT2D eigenvalue weighted by Crippen LogP contribution is 2.37. The topological polar surface area (TPSA) is 116 Å². The van der Waals surface area contributed by atoms with Crippen LogP contribution >= 0.6 is 0 Å². The number of likely N-dealkylation sites (N-methyl/N-ethyl adjacent to an activating group) is 1. The van der Waals surface area contributed by atoms with Gasteiger partial charge in [-0.15, -0.1) is 0 Å². The second-order valence-electron chi connectivity index (χ2n) is 12.1. The van der Waals surface area contributed by atoms with Gasteiger partial charge in [-0.25, -0.2) is 9.97 Å².